The van der Waals surface area contributed by atoms with E-state index >= 15 is 0 Å². The van der Waals surface area contributed by atoms with Gasteiger partial charge in [0.1, 0.15) is 5.82 Å². The van der Waals surface area contributed by atoms with Crippen molar-refractivity contribution in [2.45, 2.75) is 38.3 Å². The summed E-state index contributed by atoms with van der Waals surface area (Å²) in [5.74, 6) is 2.16. The van der Waals surface area contributed by atoms with E-state index in [1.807, 2.05) is 6.07 Å². The third kappa shape index (κ3) is 3.23. The molecule has 1 atom stereocenters. The molecule has 2 N–H and O–H groups in total. The molecule has 1 aromatic carbocycles. The fourth-order valence-corrected chi connectivity index (χ4v) is 3.32. The highest BCUT2D eigenvalue weighted by atomic mass is 15.2. The summed E-state index contributed by atoms with van der Waals surface area (Å²) in [5, 5.41) is 6.86. The normalized spacial score (nSPS) is 19.8. The Morgan fingerprint density at radius 2 is 2.13 bits per heavy atom. The number of fused-ring (bicyclic) bond motifs is 1. The standard InChI is InChI=1S/C18H23N5/c1-2-6-14(7-3-1)16-12-20-18(22-16)19-10-9-15-13-23-11-5-4-8-17(23)21-15/h1-3,6-7,13,16H,4-5,8-12H2,(H2,19,20,22). The van der Waals surface area contributed by atoms with Crippen LogP contribution < -0.4 is 10.6 Å². The second-order valence-corrected chi connectivity index (χ2v) is 6.27. The number of guanidine groups is 1. The first kappa shape index (κ1) is 14.3. The molecule has 0 radical (unpaired) electrons. The second-order valence-electron chi connectivity index (χ2n) is 6.27. The molecular weight excluding hydrogens is 286 g/mol. The fraction of sp³-hybridized carbons (Fsp3) is 0.444. The minimum atomic E-state index is 0.290. The number of hydrogen-bond acceptors (Lipinski definition) is 4. The summed E-state index contributed by atoms with van der Waals surface area (Å²) in [6.07, 6.45) is 6.84. The van der Waals surface area contributed by atoms with E-state index in [4.69, 9.17) is 4.98 Å². The van der Waals surface area contributed by atoms with Crippen LogP contribution in [0.2, 0.25) is 0 Å². The summed E-state index contributed by atoms with van der Waals surface area (Å²) < 4.78 is 2.32. The molecule has 0 saturated carbocycles. The van der Waals surface area contributed by atoms with Gasteiger partial charge in [0, 0.05) is 32.1 Å². The lowest BCUT2D eigenvalue weighted by molar-refractivity contribution is 0.522. The SMILES string of the molecule is c1ccc(C2CN=C(NCCc3cn4c(n3)CCCC4)N2)cc1. The van der Waals surface area contributed by atoms with Crippen molar-refractivity contribution < 1.29 is 0 Å². The summed E-state index contributed by atoms with van der Waals surface area (Å²) in [4.78, 5) is 9.30. The van der Waals surface area contributed by atoms with Gasteiger partial charge in [-0.2, -0.15) is 0 Å². The topological polar surface area (TPSA) is 54.2 Å². The Bertz CT molecular complexity index is 665. The van der Waals surface area contributed by atoms with E-state index in [1.165, 1.54) is 29.9 Å². The number of hydrogen-bond donors (Lipinski definition) is 2. The highest BCUT2D eigenvalue weighted by Gasteiger charge is 2.18. The van der Waals surface area contributed by atoms with E-state index in [-0.39, 0.29) is 0 Å². The van der Waals surface area contributed by atoms with Crippen molar-refractivity contribution in [2.75, 3.05) is 13.1 Å². The van der Waals surface area contributed by atoms with Gasteiger partial charge in [-0.25, -0.2) is 4.98 Å². The van der Waals surface area contributed by atoms with E-state index in [9.17, 15) is 0 Å². The number of aromatic nitrogens is 2. The van der Waals surface area contributed by atoms with Crippen LogP contribution in [0.3, 0.4) is 0 Å². The molecule has 2 aliphatic rings. The lowest BCUT2D eigenvalue weighted by Crippen LogP contribution is -2.36. The smallest absolute Gasteiger partial charge is 0.191 e. The average molecular weight is 309 g/mol. The maximum absolute atomic E-state index is 4.74. The molecule has 5 nitrogen and oxygen atoms in total. The van der Waals surface area contributed by atoms with Gasteiger partial charge in [-0.1, -0.05) is 30.3 Å². The van der Waals surface area contributed by atoms with Crippen LogP contribution in [0.4, 0.5) is 0 Å². The van der Waals surface area contributed by atoms with Gasteiger partial charge in [0.2, 0.25) is 0 Å². The van der Waals surface area contributed by atoms with Crippen molar-refractivity contribution in [1.29, 1.82) is 0 Å². The van der Waals surface area contributed by atoms with Crippen molar-refractivity contribution in [2.24, 2.45) is 4.99 Å². The third-order valence-electron chi connectivity index (χ3n) is 4.58. The number of rotatable bonds is 4. The van der Waals surface area contributed by atoms with Crippen LogP contribution in [0.1, 0.15) is 36.0 Å². The zero-order valence-corrected chi connectivity index (χ0v) is 13.3. The van der Waals surface area contributed by atoms with Crippen molar-refractivity contribution in [3.8, 4) is 0 Å². The Labute approximate surface area is 136 Å². The number of imidazole rings is 1. The van der Waals surface area contributed by atoms with Gasteiger partial charge in [-0.15, -0.1) is 0 Å². The summed E-state index contributed by atoms with van der Waals surface area (Å²) in [7, 11) is 0. The van der Waals surface area contributed by atoms with Crippen LogP contribution in [-0.2, 0) is 19.4 Å². The minimum absolute atomic E-state index is 0.290. The van der Waals surface area contributed by atoms with Crippen LogP contribution >= 0.6 is 0 Å². The van der Waals surface area contributed by atoms with Crippen LogP contribution in [0.5, 0.6) is 0 Å². The Kier molecular flexibility index (Phi) is 4.01. The van der Waals surface area contributed by atoms with E-state index in [0.29, 0.717) is 6.04 Å². The fourth-order valence-electron chi connectivity index (χ4n) is 3.32. The molecule has 0 saturated heterocycles. The number of benzene rings is 1. The van der Waals surface area contributed by atoms with Crippen molar-refractivity contribution >= 4 is 5.96 Å². The lowest BCUT2D eigenvalue weighted by Gasteiger charge is -2.12. The molecule has 5 heteroatoms. The zero-order chi connectivity index (χ0) is 15.5. The van der Waals surface area contributed by atoms with Gasteiger partial charge in [0.05, 0.1) is 18.3 Å². The third-order valence-corrected chi connectivity index (χ3v) is 4.58. The van der Waals surface area contributed by atoms with E-state index < -0.39 is 0 Å². The Morgan fingerprint density at radius 3 is 3.00 bits per heavy atom. The molecule has 0 amide bonds. The average Bonchev–Trinajstić information content (AvgIpc) is 3.22. The molecule has 0 spiro atoms. The number of aliphatic imine (C=N–C) groups is 1. The molecule has 120 valence electrons. The predicted octanol–water partition coefficient (Wildman–Crippen LogP) is 2.05. The summed E-state index contributed by atoms with van der Waals surface area (Å²) in [5.41, 5.74) is 2.47. The maximum atomic E-state index is 4.74. The molecule has 4 rings (SSSR count). The van der Waals surface area contributed by atoms with E-state index in [2.05, 4.69) is 50.7 Å². The van der Waals surface area contributed by atoms with Crippen LogP contribution in [0.15, 0.2) is 41.5 Å². The van der Waals surface area contributed by atoms with Crippen molar-refractivity contribution in [3.05, 3.63) is 53.6 Å². The Balaban J connectivity index is 1.26. The molecule has 2 aromatic rings. The highest BCUT2D eigenvalue weighted by Crippen LogP contribution is 2.16. The molecule has 23 heavy (non-hydrogen) atoms. The molecule has 1 unspecified atom stereocenters. The molecule has 2 aliphatic heterocycles. The predicted molar refractivity (Wildman–Crippen MR) is 91.5 cm³/mol. The maximum Gasteiger partial charge on any atom is 0.191 e. The summed E-state index contributed by atoms with van der Waals surface area (Å²) >= 11 is 0. The molecule has 3 heterocycles. The van der Waals surface area contributed by atoms with Gasteiger partial charge < -0.3 is 15.2 Å². The van der Waals surface area contributed by atoms with E-state index in [1.54, 1.807) is 0 Å². The lowest BCUT2D eigenvalue weighted by atomic mass is 10.1. The number of aryl methyl sites for hydroxylation is 2. The minimum Gasteiger partial charge on any atom is -0.356 e. The first-order chi connectivity index (χ1) is 11.4. The summed E-state index contributed by atoms with van der Waals surface area (Å²) in [6, 6.07) is 10.8. The first-order valence-corrected chi connectivity index (χ1v) is 8.53. The number of nitrogens with one attached hydrogen (secondary N) is 2. The van der Waals surface area contributed by atoms with Crippen LogP contribution in [-0.4, -0.2) is 28.6 Å². The van der Waals surface area contributed by atoms with Gasteiger partial charge in [0.25, 0.3) is 0 Å². The Hall–Kier alpha value is -2.30. The quantitative estimate of drug-likeness (QED) is 0.909. The van der Waals surface area contributed by atoms with Gasteiger partial charge >= 0.3 is 0 Å². The van der Waals surface area contributed by atoms with Crippen molar-refractivity contribution in [1.82, 2.24) is 20.2 Å². The molecular formula is C18H23N5. The highest BCUT2D eigenvalue weighted by molar-refractivity contribution is 5.82. The molecule has 1 aromatic heterocycles. The largest absolute Gasteiger partial charge is 0.356 e. The van der Waals surface area contributed by atoms with Crippen LogP contribution in [0.25, 0.3) is 0 Å². The van der Waals surface area contributed by atoms with Gasteiger partial charge in [0.15, 0.2) is 5.96 Å². The molecule has 0 aliphatic carbocycles. The zero-order valence-electron chi connectivity index (χ0n) is 13.3. The molecule has 0 bridgehead atoms. The van der Waals surface area contributed by atoms with Gasteiger partial charge in [-0.05, 0) is 18.4 Å². The van der Waals surface area contributed by atoms with Crippen molar-refractivity contribution in [3.63, 3.8) is 0 Å². The summed E-state index contributed by atoms with van der Waals surface area (Å²) in [6.45, 7) is 2.79. The number of nitrogens with zero attached hydrogens (tertiary/aromatic N) is 3. The molecule has 0 fully saturated rings. The Morgan fingerprint density at radius 1 is 1.22 bits per heavy atom. The van der Waals surface area contributed by atoms with E-state index in [0.717, 1.165) is 38.4 Å². The monoisotopic (exact) mass is 309 g/mol. The van der Waals surface area contributed by atoms with Crippen LogP contribution in [0, 0.1) is 0 Å². The first-order valence-electron chi connectivity index (χ1n) is 8.53. The van der Waals surface area contributed by atoms with Gasteiger partial charge in [-0.3, -0.25) is 4.99 Å². The second kappa shape index (κ2) is 6.44.